The minimum atomic E-state index is -0.00930. The Bertz CT molecular complexity index is 637. The summed E-state index contributed by atoms with van der Waals surface area (Å²) in [5, 5.41) is 0.854. The van der Waals surface area contributed by atoms with E-state index in [0.717, 1.165) is 23.8 Å². The summed E-state index contributed by atoms with van der Waals surface area (Å²) >= 11 is 0. The molecule has 5 nitrogen and oxygen atoms in total. The molecule has 1 aromatic carbocycles. The third kappa shape index (κ3) is 2.54. The second kappa shape index (κ2) is 5.87. The third-order valence-electron chi connectivity index (χ3n) is 4.25. The van der Waals surface area contributed by atoms with Crippen LogP contribution in [0.25, 0.3) is 11.0 Å². The molecule has 2 aromatic rings. The highest BCUT2D eigenvalue weighted by atomic mass is 16.5. The molecule has 2 heterocycles. The van der Waals surface area contributed by atoms with Crippen LogP contribution in [0.4, 0.5) is 0 Å². The highest BCUT2D eigenvalue weighted by Crippen LogP contribution is 2.26. The summed E-state index contributed by atoms with van der Waals surface area (Å²) in [5.74, 6) is -0.00930. The van der Waals surface area contributed by atoms with Crippen LogP contribution in [0, 0.1) is 0 Å². The quantitative estimate of drug-likeness (QED) is 0.938. The molecule has 1 aromatic heterocycles. The van der Waals surface area contributed by atoms with Gasteiger partial charge < -0.3 is 19.8 Å². The largest absolute Gasteiger partial charge is 0.463 e. The Morgan fingerprint density at radius 2 is 2.29 bits per heavy atom. The lowest BCUT2D eigenvalue weighted by molar-refractivity contribution is 0.0139. The standard InChI is InChI=1S/C16H20N2O3/c1-20-12-6-7-18(11(8-12)9-17)16(19)14-10-21-15-5-3-2-4-13(14)15/h2-5,10-12H,6-9,17H2,1H3/t11-,12+/m0/s1. The van der Waals surface area contributed by atoms with Crippen molar-refractivity contribution in [3.63, 3.8) is 0 Å². The number of nitrogens with two attached hydrogens (primary N) is 1. The first kappa shape index (κ1) is 14.1. The Morgan fingerprint density at radius 3 is 3.05 bits per heavy atom. The molecule has 1 aliphatic rings. The number of ether oxygens (including phenoxy) is 1. The van der Waals surface area contributed by atoms with E-state index < -0.39 is 0 Å². The number of nitrogens with zero attached hydrogens (tertiary/aromatic N) is 1. The number of hydrogen-bond acceptors (Lipinski definition) is 4. The van der Waals surface area contributed by atoms with Crippen LogP contribution in [0.5, 0.6) is 0 Å². The van der Waals surface area contributed by atoms with E-state index in [1.54, 1.807) is 13.4 Å². The van der Waals surface area contributed by atoms with Gasteiger partial charge in [0.2, 0.25) is 0 Å². The van der Waals surface area contributed by atoms with Crippen molar-refractivity contribution in [1.82, 2.24) is 4.90 Å². The van der Waals surface area contributed by atoms with Gasteiger partial charge in [0.1, 0.15) is 11.8 Å². The fourth-order valence-electron chi connectivity index (χ4n) is 3.02. The summed E-state index contributed by atoms with van der Waals surface area (Å²) < 4.78 is 10.9. The topological polar surface area (TPSA) is 68.7 Å². The summed E-state index contributed by atoms with van der Waals surface area (Å²) in [6.07, 6.45) is 3.36. The molecule has 21 heavy (non-hydrogen) atoms. The highest BCUT2D eigenvalue weighted by Gasteiger charge is 2.32. The van der Waals surface area contributed by atoms with E-state index in [1.165, 1.54) is 0 Å². The summed E-state index contributed by atoms with van der Waals surface area (Å²) in [4.78, 5) is 14.7. The second-order valence-electron chi connectivity index (χ2n) is 5.42. The van der Waals surface area contributed by atoms with Crippen LogP contribution in [-0.2, 0) is 4.74 Å². The maximum atomic E-state index is 12.8. The zero-order valence-electron chi connectivity index (χ0n) is 12.1. The van der Waals surface area contributed by atoms with Gasteiger partial charge >= 0.3 is 0 Å². The molecule has 0 aliphatic carbocycles. The van der Waals surface area contributed by atoms with Crippen LogP contribution < -0.4 is 5.73 Å². The minimum Gasteiger partial charge on any atom is -0.463 e. The zero-order chi connectivity index (χ0) is 14.8. The van der Waals surface area contributed by atoms with Crippen molar-refractivity contribution in [3.8, 4) is 0 Å². The van der Waals surface area contributed by atoms with Crippen molar-refractivity contribution >= 4 is 16.9 Å². The molecule has 2 N–H and O–H groups in total. The van der Waals surface area contributed by atoms with Gasteiger partial charge in [0.05, 0.1) is 11.7 Å². The number of fused-ring (bicyclic) bond motifs is 1. The van der Waals surface area contributed by atoms with Crippen LogP contribution in [0.3, 0.4) is 0 Å². The van der Waals surface area contributed by atoms with Crippen LogP contribution >= 0.6 is 0 Å². The zero-order valence-corrected chi connectivity index (χ0v) is 12.1. The van der Waals surface area contributed by atoms with Gasteiger partial charge in [-0.2, -0.15) is 0 Å². The lowest BCUT2D eigenvalue weighted by Gasteiger charge is -2.38. The van der Waals surface area contributed by atoms with Crippen molar-refractivity contribution in [1.29, 1.82) is 0 Å². The van der Waals surface area contributed by atoms with Gasteiger partial charge in [-0.1, -0.05) is 18.2 Å². The molecule has 5 heteroatoms. The number of hydrogen-bond donors (Lipinski definition) is 1. The second-order valence-corrected chi connectivity index (χ2v) is 5.42. The average molecular weight is 288 g/mol. The SMILES string of the molecule is CO[C@@H]1CCN(C(=O)c2coc3ccccc23)[C@H](CN)C1. The van der Waals surface area contributed by atoms with Crippen LogP contribution in [0.1, 0.15) is 23.2 Å². The van der Waals surface area contributed by atoms with E-state index in [1.807, 2.05) is 29.2 Å². The summed E-state index contributed by atoms with van der Waals surface area (Å²) in [7, 11) is 1.71. The van der Waals surface area contributed by atoms with E-state index in [2.05, 4.69) is 0 Å². The summed E-state index contributed by atoms with van der Waals surface area (Å²) in [6.45, 7) is 1.11. The Hall–Kier alpha value is -1.85. The van der Waals surface area contributed by atoms with E-state index in [4.69, 9.17) is 14.9 Å². The van der Waals surface area contributed by atoms with E-state index in [-0.39, 0.29) is 18.1 Å². The normalized spacial score (nSPS) is 22.7. The maximum absolute atomic E-state index is 12.8. The molecule has 0 saturated carbocycles. The summed E-state index contributed by atoms with van der Waals surface area (Å²) in [6, 6.07) is 7.60. The van der Waals surface area contributed by atoms with Gasteiger partial charge in [-0.05, 0) is 18.9 Å². The first-order chi connectivity index (χ1) is 10.2. The van der Waals surface area contributed by atoms with Crippen molar-refractivity contribution in [2.45, 2.75) is 25.0 Å². The predicted molar refractivity (Wildman–Crippen MR) is 80.1 cm³/mol. The fourth-order valence-corrected chi connectivity index (χ4v) is 3.02. The number of likely N-dealkylation sites (tertiary alicyclic amines) is 1. The third-order valence-corrected chi connectivity index (χ3v) is 4.25. The monoisotopic (exact) mass is 288 g/mol. The number of rotatable bonds is 3. The first-order valence-corrected chi connectivity index (χ1v) is 7.24. The number of carbonyl (C=O) groups is 1. The van der Waals surface area contributed by atoms with E-state index in [0.29, 0.717) is 18.7 Å². The molecule has 1 fully saturated rings. The summed E-state index contributed by atoms with van der Waals surface area (Å²) in [5.41, 5.74) is 7.19. The van der Waals surface area contributed by atoms with Crippen molar-refractivity contribution in [2.24, 2.45) is 5.73 Å². The van der Waals surface area contributed by atoms with Gasteiger partial charge in [-0.15, -0.1) is 0 Å². The molecule has 1 amide bonds. The number of methoxy groups -OCH3 is 1. The van der Waals surface area contributed by atoms with Gasteiger partial charge in [-0.3, -0.25) is 4.79 Å². The Balaban J connectivity index is 1.87. The number of carbonyl (C=O) groups excluding carboxylic acids is 1. The lowest BCUT2D eigenvalue weighted by atomic mass is 9.98. The van der Waals surface area contributed by atoms with E-state index >= 15 is 0 Å². The molecule has 0 bridgehead atoms. The molecule has 112 valence electrons. The molecule has 2 atom stereocenters. The molecule has 0 radical (unpaired) electrons. The molecule has 0 spiro atoms. The number of benzene rings is 1. The number of furan rings is 1. The molecular weight excluding hydrogens is 268 g/mol. The number of para-hydroxylation sites is 1. The molecule has 1 aliphatic heterocycles. The first-order valence-electron chi connectivity index (χ1n) is 7.24. The maximum Gasteiger partial charge on any atom is 0.258 e. The van der Waals surface area contributed by atoms with Crippen LogP contribution in [0.2, 0.25) is 0 Å². The Labute approximate surface area is 123 Å². The van der Waals surface area contributed by atoms with Gasteiger partial charge in [0, 0.05) is 31.6 Å². The van der Waals surface area contributed by atoms with Crippen molar-refractivity contribution in [3.05, 3.63) is 36.1 Å². The van der Waals surface area contributed by atoms with Gasteiger partial charge in [0.25, 0.3) is 5.91 Å². The number of piperidine rings is 1. The van der Waals surface area contributed by atoms with Crippen molar-refractivity contribution < 1.29 is 13.9 Å². The smallest absolute Gasteiger partial charge is 0.258 e. The molecular formula is C16H20N2O3. The van der Waals surface area contributed by atoms with Gasteiger partial charge in [0.15, 0.2) is 0 Å². The number of amides is 1. The van der Waals surface area contributed by atoms with Gasteiger partial charge in [-0.25, -0.2) is 0 Å². The molecule has 0 unspecified atom stereocenters. The Morgan fingerprint density at radius 1 is 1.48 bits per heavy atom. The fraction of sp³-hybridized carbons (Fsp3) is 0.438. The molecule has 3 rings (SSSR count). The predicted octanol–water partition coefficient (Wildman–Crippen LogP) is 2.01. The van der Waals surface area contributed by atoms with Crippen LogP contribution in [0.15, 0.2) is 34.9 Å². The average Bonchev–Trinajstić information content (AvgIpc) is 2.97. The van der Waals surface area contributed by atoms with Crippen molar-refractivity contribution in [2.75, 3.05) is 20.2 Å². The lowest BCUT2D eigenvalue weighted by Crippen LogP contribution is -2.51. The minimum absolute atomic E-state index is 0.00930. The van der Waals surface area contributed by atoms with Crippen LogP contribution in [-0.4, -0.2) is 43.2 Å². The highest BCUT2D eigenvalue weighted by molar-refractivity contribution is 6.06. The Kier molecular flexibility index (Phi) is 3.94. The molecule has 1 saturated heterocycles. The van der Waals surface area contributed by atoms with E-state index in [9.17, 15) is 4.79 Å².